The molecule has 170 valence electrons. The predicted molar refractivity (Wildman–Crippen MR) is 137 cm³/mol. The number of carbonyl (C=O) groups is 2. The van der Waals surface area contributed by atoms with Gasteiger partial charge in [-0.25, -0.2) is 0 Å². The molecule has 0 spiro atoms. The normalized spacial score (nSPS) is 11.7. The maximum atomic E-state index is 12.8. The number of ether oxygens (including phenoxy) is 1. The summed E-state index contributed by atoms with van der Waals surface area (Å²) >= 11 is 7.59. The highest BCUT2D eigenvalue weighted by Gasteiger charge is 2.19. The molecular formula is C26H25ClN2O3S. The van der Waals surface area contributed by atoms with Crippen molar-refractivity contribution in [3.05, 3.63) is 89.5 Å². The second-order valence-electron chi connectivity index (χ2n) is 7.11. The van der Waals surface area contributed by atoms with E-state index in [1.54, 1.807) is 31.4 Å². The first-order valence-corrected chi connectivity index (χ1v) is 11.7. The number of rotatable bonds is 9. The van der Waals surface area contributed by atoms with Crippen LogP contribution in [0.4, 0.5) is 11.4 Å². The SMILES string of the molecule is CCC(Sc1cccc(NC(=O)/C=C/c2ccccc2)c1)C(=O)Nc1ccc(OC)c(Cl)c1. The molecule has 2 N–H and O–H groups in total. The number of amides is 2. The summed E-state index contributed by atoms with van der Waals surface area (Å²) in [4.78, 5) is 26.0. The van der Waals surface area contributed by atoms with Crippen LogP contribution in [0.3, 0.4) is 0 Å². The number of anilines is 2. The maximum absolute atomic E-state index is 12.8. The summed E-state index contributed by atoms with van der Waals surface area (Å²) in [6.07, 6.45) is 3.89. The Kier molecular flexibility index (Phi) is 8.98. The summed E-state index contributed by atoms with van der Waals surface area (Å²) in [5.74, 6) is 0.208. The molecule has 0 heterocycles. The lowest BCUT2D eigenvalue weighted by molar-refractivity contribution is -0.115. The van der Waals surface area contributed by atoms with Crippen molar-refractivity contribution < 1.29 is 14.3 Å². The average molecular weight is 481 g/mol. The molecule has 1 atom stereocenters. The Hall–Kier alpha value is -3.22. The van der Waals surface area contributed by atoms with Crippen LogP contribution in [0.2, 0.25) is 5.02 Å². The van der Waals surface area contributed by atoms with E-state index >= 15 is 0 Å². The summed E-state index contributed by atoms with van der Waals surface area (Å²) in [5, 5.41) is 5.89. The van der Waals surface area contributed by atoms with Crippen LogP contribution in [-0.2, 0) is 9.59 Å². The predicted octanol–water partition coefficient (Wildman–Crippen LogP) is 6.51. The zero-order valence-corrected chi connectivity index (χ0v) is 20.0. The van der Waals surface area contributed by atoms with Crippen molar-refractivity contribution in [3.63, 3.8) is 0 Å². The van der Waals surface area contributed by atoms with E-state index in [0.717, 1.165) is 10.5 Å². The molecule has 0 radical (unpaired) electrons. The van der Waals surface area contributed by atoms with Gasteiger partial charge in [0, 0.05) is 22.3 Å². The fourth-order valence-electron chi connectivity index (χ4n) is 3.02. The van der Waals surface area contributed by atoms with E-state index in [4.69, 9.17) is 16.3 Å². The van der Waals surface area contributed by atoms with Crippen LogP contribution >= 0.6 is 23.4 Å². The lowest BCUT2D eigenvalue weighted by Crippen LogP contribution is -2.24. The Morgan fingerprint density at radius 2 is 1.76 bits per heavy atom. The molecule has 0 saturated carbocycles. The average Bonchev–Trinajstić information content (AvgIpc) is 2.82. The van der Waals surface area contributed by atoms with E-state index in [0.29, 0.717) is 28.6 Å². The molecule has 3 aromatic carbocycles. The van der Waals surface area contributed by atoms with Gasteiger partial charge in [-0.3, -0.25) is 9.59 Å². The summed E-state index contributed by atoms with van der Waals surface area (Å²) in [5.41, 5.74) is 2.22. The van der Waals surface area contributed by atoms with Gasteiger partial charge < -0.3 is 15.4 Å². The Bertz CT molecular complexity index is 1140. The molecule has 0 aliphatic carbocycles. The first-order chi connectivity index (χ1) is 16.0. The summed E-state index contributed by atoms with van der Waals surface area (Å²) in [6.45, 7) is 1.96. The number of halogens is 1. The highest BCUT2D eigenvalue weighted by atomic mass is 35.5. The minimum Gasteiger partial charge on any atom is -0.495 e. The van der Waals surface area contributed by atoms with Gasteiger partial charge in [0.25, 0.3) is 0 Å². The third kappa shape index (κ3) is 7.41. The van der Waals surface area contributed by atoms with Crippen LogP contribution in [0.5, 0.6) is 5.75 Å². The molecule has 0 bridgehead atoms. The quantitative estimate of drug-likeness (QED) is 0.270. The largest absolute Gasteiger partial charge is 0.495 e. The lowest BCUT2D eigenvalue weighted by Gasteiger charge is -2.16. The van der Waals surface area contributed by atoms with Gasteiger partial charge in [0.05, 0.1) is 17.4 Å². The number of methoxy groups -OCH3 is 1. The number of nitrogens with one attached hydrogen (secondary N) is 2. The van der Waals surface area contributed by atoms with Crippen molar-refractivity contribution >= 4 is 52.6 Å². The van der Waals surface area contributed by atoms with E-state index in [2.05, 4.69) is 10.6 Å². The minimum absolute atomic E-state index is 0.121. The van der Waals surface area contributed by atoms with Gasteiger partial charge in [0.2, 0.25) is 11.8 Å². The first kappa shape index (κ1) is 24.4. The van der Waals surface area contributed by atoms with Gasteiger partial charge >= 0.3 is 0 Å². The molecule has 7 heteroatoms. The summed E-state index contributed by atoms with van der Waals surface area (Å²) < 4.78 is 5.15. The van der Waals surface area contributed by atoms with Gasteiger partial charge in [-0.15, -0.1) is 11.8 Å². The van der Waals surface area contributed by atoms with E-state index in [1.165, 1.54) is 17.8 Å². The second kappa shape index (κ2) is 12.1. The van der Waals surface area contributed by atoms with Gasteiger partial charge in [0.15, 0.2) is 0 Å². The summed E-state index contributed by atoms with van der Waals surface area (Å²) in [6, 6.07) is 22.2. The van der Waals surface area contributed by atoms with Crippen molar-refractivity contribution in [2.75, 3.05) is 17.7 Å². The van der Waals surface area contributed by atoms with E-state index in [9.17, 15) is 9.59 Å². The molecule has 0 aliphatic rings. The second-order valence-corrected chi connectivity index (χ2v) is 8.80. The van der Waals surface area contributed by atoms with Gasteiger partial charge in [0.1, 0.15) is 5.75 Å². The van der Waals surface area contributed by atoms with Crippen molar-refractivity contribution in [1.82, 2.24) is 0 Å². The van der Waals surface area contributed by atoms with Crippen LogP contribution in [0.1, 0.15) is 18.9 Å². The van der Waals surface area contributed by atoms with Crippen LogP contribution in [0.15, 0.2) is 83.8 Å². The Morgan fingerprint density at radius 3 is 2.45 bits per heavy atom. The molecule has 3 rings (SSSR count). The Balaban J connectivity index is 1.61. The lowest BCUT2D eigenvalue weighted by atomic mass is 10.2. The first-order valence-electron chi connectivity index (χ1n) is 10.4. The van der Waals surface area contributed by atoms with Crippen molar-refractivity contribution in [3.8, 4) is 5.75 Å². The molecule has 0 saturated heterocycles. The molecule has 1 unspecified atom stereocenters. The van der Waals surface area contributed by atoms with E-state index < -0.39 is 0 Å². The molecule has 0 aromatic heterocycles. The van der Waals surface area contributed by atoms with Crippen molar-refractivity contribution in [1.29, 1.82) is 0 Å². The fourth-order valence-corrected chi connectivity index (χ4v) is 4.29. The number of carbonyl (C=O) groups excluding carboxylic acids is 2. The molecule has 3 aromatic rings. The molecule has 2 amide bonds. The third-order valence-electron chi connectivity index (χ3n) is 4.69. The molecule has 33 heavy (non-hydrogen) atoms. The third-order valence-corrected chi connectivity index (χ3v) is 6.34. The smallest absolute Gasteiger partial charge is 0.248 e. The minimum atomic E-state index is -0.310. The van der Waals surface area contributed by atoms with Crippen LogP contribution in [0.25, 0.3) is 6.08 Å². The molecule has 0 aliphatic heterocycles. The molecule has 0 fully saturated rings. The number of hydrogen-bond acceptors (Lipinski definition) is 4. The van der Waals surface area contributed by atoms with E-state index in [1.807, 2.05) is 61.5 Å². The van der Waals surface area contributed by atoms with E-state index in [-0.39, 0.29) is 17.1 Å². The zero-order valence-electron chi connectivity index (χ0n) is 18.4. The van der Waals surface area contributed by atoms with Crippen LogP contribution < -0.4 is 15.4 Å². The standard InChI is InChI=1S/C26H25ClN2O3S/c1-3-24(26(31)29-20-13-14-23(32-2)22(27)17-20)33-21-11-7-10-19(16-21)28-25(30)15-12-18-8-5-4-6-9-18/h4-17,24H,3H2,1-2H3,(H,28,30)(H,29,31)/b15-12+. The highest BCUT2D eigenvalue weighted by molar-refractivity contribution is 8.00. The Labute approximate surface area is 203 Å². The molecular weight excluding hydrogens is 456 g/mol. The topological polar surface area (TPSA) is 67.4 Å². The maximum Gasteiger partial charge on any atom is 0.248 e. The van der Waals surface area contributed by atoms with Crippen molar-refractivity contribution in [2.45, 2.75) is 23.5 Å². The Morgan fingerprint density at radius 1 is 1.00 bits per heavy atom. The van der Waals surface area contributed by atoms with Crippen molar-refractivity contribution in [2.24, 2.45) is 0 Å². The molecule has 5 nitrogen and oxygen atoms in total. The van der Waals surface area contributed by atoms with Gasteiger partial charge in [-0.2, -0.15) is 0 Å². The van der Waals surface area contributed by atoms with Crippen LogP contribution in [-0.4, -0.2) is 24.2 Å². The van der Waals surface area contributed by atoms with Crippen LogP contribution in [0, 0.1) is 0 Å². The number of benzene rings is 3. The van der Waals surface area contributed by atoms with Gasteiger partial charge in [-0.1, -0.05) is 54.9 Å². The highest BCUT2D eigenvalue weighted by Crippen LogP contribution is 2.30. The number of thioether (sulfide) groups is 1. The van der Waals surface area contributed by atoms with Gasteiger partial charge in [-0.05, 0) is 54.5 Å². The number of hydrogen-bond donors (Lipinski definition) is 2. The summed E-state index contributed by atoms with van der Waals surface area (Å²) in [7, 11) is 1.54. The zero-order chi connectivity index (χ0) is 23.6. The monoisotopic (exact) mass is 480 g/mol. The fraction of sp³-hybridized carbons (Fsp3) is 0.154.